The molecule has 2 aliphatic heterocycles. The molecule has 158 valence electrons. The van der Waals surface area contributed by atoms with Crippen LogP contribution in [0.15, 0.2) is 42.5 Å². The van der Waals surface area contributed by atoms with Crippen LogP contribution in [0, 0.1) is 5.92 Å². The number of nitrogens with one attached hydrogen (secondary N) is 2. The van der Waals surface area contributed by atoms with Crippen molar-refractivity contribution >= 4 is 52.1 Å². The molecule has 2 bridgehead atoms. The topological polar surface area (TPSA) is 62.8 Å². The van der Waals surface area contributed by atoms with Gasteiger partial charge in [0.05, 0.1) is 12.6 Å². The molecular weight excluding hydrogens is 445 g/mol. The highest BCUT2D eigenvalue weighted by Crippen LogP contribution is 2.49. The van der Waals surface area contributed by atoms with Crippen molar-refractivity contribution in [3.05, 3.63) is 58.1 Å². The van der Waals surface area contributed by atoms with Crippen LogP contribution in [0.1, 0.15) is 18.5 Å². The van der Waals surface area contributed by atoms with Crippen LogP contribution >= 0.6 is 35.4 Å². The Balaban J connectivity index is 1.75. The summed E-state index contributed by atoms with van der Waals surface area (Å²) in [5.41, 5.74) is 0.432. The van der Waals surface area contributed by atoms with Crippen molar-refractivity contribution in [3.8, 4) is 5.75 Å². The number of rotatable bonds is 5. The summed E-state index contributed by atoms with van der Waals surface area (Å²) >= 11 is 17.8. The Labute approximate surface area is 190 Å². The fourth-order valence-corrected chi connectivity index (χ4v) is 4.79. The van der Waals surface area contributed by atoms with Crippen molar-refractivity contribution in [1.82, 2.24) is 10.2 Å². The Bertz CT molecular complexity index is 988. The zero-order chi connectivity index (χ0) is 21.5. The first kappa shape index (κ1) is 21.2. The minimum atomic E-state index is -1.01. The smallest absolute Gasteiger partial charge is 0.236 e. The number of thiocarbonyl (C=S) groups is 1. The summed E-state index contributed by atoms with van der Waals surface area (Å²) in [5, 5.41) is 7.96. The monoisotopic (exact) mass is 465 g/mol. The maximum atomic E-state index is 13.5. The summed E-state index contributed by atoms with van der Waals surface area (Å²) in [6.07, 6.45) is 0. The number of carbonyl (C=O) groups is 1. The van der Waals surface area contributed by atoms with Gasteiger partial charge in [-0.2, -0.15) is 0 Å². The highest BCUT2D eigenvalue weighted by Gasteiger charge is 2.58. The van der Waals surface area contributed by atoms with Crippen molar-refractivity contribution < 1.29 is 14.3 Å². The van der Waals surface area contributed by atoms with Crippen LogP contribution in [0.2, 0.25) is 10.0 Å². The molecule has 2 N–H and O–H groups in total. The number of benzene rings is 2. The molecule has 2 aromatic rings. The molecule has 0 aliphatic carbocycles. The van der Waals surface area contributed by atoms with E-state index < -0.39 is 17.7 Å². The number of hydrogen-bond donors (Lipinski definition) is 2. The van der Waals surface area contributed by atoms with Crippen LogP contribution in [0.25, 0.3) is 0 Å². The van der Waals surface area contributed by atoms with Gasteiger partial charge in [0.2, 0.25) is 5.91 Å². The van der Waals surface area contributed by atoms with Crippen molar-refractivity contribution in [1.29, 1.82) is 0 Å². The second-order valence-corrected chi connectivity index (χ2v) is 8.64. The number of fused-ring (bicyclic) bond motifs is 4. The summed E-state index contributed by atoms with van der Waals surface area (Å²) < 4.78 is 11.7. The van der Waals surface area contributed by atoms with E-state index in [0.717, 1.165) is 5.56 Å². The Morgan fingerprint density at radius 3 is 2.67 bits per heavy atom. The quantitative estimate of drug-likeness (QED) is 0.644. The molecule has 3 atom stereocenters. The highest BCUT2D eigenvalue weighted by atomic mass is 35.5. The minimum Gasteiger partial charge on any atom is -0.467 e. The predicted octanol–water partition coefficient (Wildman–Crippen LogP) is 4.23. The summed E-state index contributed by atoms with van der Waals surface area (Å²) in [5.74, 6) is -0.143. The standard InChI is InChI=1S/C21H21Cl2N3O3S/c1-21-17(19(27)24-14-6-3-12(22)4-7-14)18(25-20(30)26(21)9-10-28-2)15-11-13(23)5-8-16(15)29-21/h3-8,11,17-18H,9-10H2,1-2H3,(H,24,27)(H,25,30)/t17-,18+,21+/m1/s1. The Morgan fingerprint density at radius 2 is 1.97 bits per heavy atom. The molecule has 0 aromatic heterocycles. The number of methoxy groups -OCH3 is 1. The van der Waals surface area contributed by atoms with Crippen LogP contribution in [-0.2, 0) is 9.53 Å². The number of nitrogens with zero attached hydrogens (tertiary/aromatic N) is 1. The van der Waals surface area contributed by atoms with E-state index in [1.807, 2.05) is 24.0 Å². The van der Waals surface area contributed by atoms with Crippen LogP contribution in [0.5, 0.6) is 5.75 Å². The molecule has 0 spiro atoms. The van der Waals surface area contributed by atoms with Gasteiger partial charge < -0.3 is 25.0 Å². The number of carbonyl (C=O) groups excluding carboxylic acids is 1. The zero-order valence-electron chi connectivity index (χ0n) is 16.4. The van der Waals surface area contributed by atoms with Crippen molar-refractivity contribution in [2.45, 2.75) is 18.7 Å². The second kappa shape index (κ2) is 8.23. The molecular formula is C21H21Cl2N3O3S. The van der Waals surface area contributed by atoms with Crippen molar-refractivity contribution in [3.63, 3.8) is 0 Å². The van der Waals surface area contributed by atoms with E-state index in [-0.39, 0.29) is 5.91 Å². The van der Waals surface area contributed by atoms with E-state index in [0.29, 0.717) is 39.7 Å². The first-order valence-corrected chi connectivity index (χ1v) is 10.6. The third kappa shape index (κ3) is 3.71. The lowest BCUT2D eigenvalue weighted by molar-refractivity contribution is -0.150. The van der Waals surface area contributed by atoms with Gasteiger partial charge in [0.25, 0.3) is 0 Å². The van der Waals surface area contributed by atoms with Gasteiger partial charge in [0, 0.05) is 35.0 Å². The third-order valence-electron chi connectivity index (χ3n) is 5.51. The summed E-state index contributed by atoms with van der Waals surface area (Å²) in [6, 6.07) is 12.0. The molecule has 6 nitrogen and oxygen atoms in total. The SMILES string of the molecule is COCCN1C(=S)N[C@H]2c3cc(Cl)ccc3O[C@@]1(C)[C@H]2C(=O)Nc1ccc(Cl)cc1. The van der Waals surface area contributed by atoms with Gasteiger partial charge in [-0.3, -0.25) is 4.79 Å². The number of halogens is 2. The molecule has 1 fully saturated rings. The van der Waals surface area contributed by atoms with E-state index in [1.165, 1.54) is 0 Å². The molecule has 0 saturated carbocycles. The van der Waals surface area contributed by atoms with E-state index in [4.69, 9.17) is 44.9 Å². The maximum Gasteiger partial charge on any atom is 0.236 e. The molecule has 4 rings (SSSR count). The van der Waals surface area contributed by atoms with Gasteiger partial charge in [-0.1, -0.05) is 23.2 Å². The zero-order valence-corrected chi connectivity index (χ0v) is 18.8. The Hall–Kier alpha value is -2.06. The molecule has 1 amide bonds. The van der Waals surface area contributed by atoms with Crippen molar-refractivity contribution in [2.24, 2.45) is 5.92 Å². The van der Waals surface area contributed by atoms with E-state index >= 15 is 0 Å². The molecule has 2 aliphatic rings. The molecule has 2 heterocycles. The molecule has 0 unspecified atom stereocenters. The number of anilines is 1. The van der Waals surface area contributed by atoms with E-state index in [2.05, 4.69) is 10.6 Å². The minimum absolute atomic E-state index is 0.201. The molecule has 30 heavy (non-hydrogen) atoms. The lowest BCUT2D eigenvalue weighted by Crippen LogP contribution is -2.72. The normalized spacial score (nSPS) is 24.5. The molecule has 0 radical (unpaired) electrons. The van der Waals surface area contributed by atoms with E-state index in [9.17, 15) is 4.79 Å². The lowest BCUT2D eigenvalue weighted by atomic mass is 9.79. The number of hydrogen-bond acceptors (Lipinski definition) is 4. The Kier molecular flexibility index (Phi) is 5.81. The fraction of sp³-hybridized carbons (Fsp3) is 0.333. The van der Waals surface area contributed by atoms with Gasteiger partial charge in [-0.15, -0.1) is 0 Å². The van der Waals surface area contributed by atoms with Crippen molar-refractivity contribution in [2.75, 3.05) is 25.6 Å². The Morgan fingerprint density at radius 1 is 1.27 bits per heavy atom. The highest BCUT2D eigenvalue weighted by molar-refractivity contribution is 7.80. The first-order chi connectivity index (χ1) is 14.3. The van der Waals surface area contributed by atoms with Gasteiger partial charge >= 0.3 is 0 Å². The van der Waals surface area contributed by atoms with Gasteiger partial charge in [0.15, 0.2) is 10.8 Å². The van der Waals surface area contributed by atoms with Crippen LogP contribution in [0.3, 0.4) is 0 Å². The number of ether oxygens (including phenoxy) is 2. The fourth-order valence-electron chi connectivity index (χ4n) is 4.08. The first-order valence-electron chi connectivity index (χ1n) is 9.45. The van der Waals surface area contributed by atoms with Crippen LogP contribution in [0.4, 0.5) is 5.69 Å². The largest absolute Gasteiger partial charge is 0.467 e. The second-order valence-electron chi connectivity index (χ2n) is 7.38. The average molecular weight is 466 g/mol. The summed E-state index contributed by atoms with van der Waals surface area (Å²) in [6.45, 7) is 2.79. The lowest BCUT2D eigenvalue weighted by Gasteiger charge is -2.56. The van der Waals surface area contributed by atoms with Gasteiger partial charge in [-0.05, 0) is 61.6 Å². The summed E-state index contributed by atoms with van der Waals surface area (Å²) in [7, 11) is 1.62. The van der Waals surface area contributed by atoms with Crippen LogP contribution in [-0.4, -0.2) is 41.9 Å². The van der Waals surface area contributed by atoms with E-state index in [1.54, 1.807) is 37.4 Å². The number of amides is 1. The molecule has 2 aromatic carbocycles. The summed E-state index contributed by atoms with van der Waals surface area (Å²) in [4.78, 5) is 15.4. The molecule has 1 saturated heterocycles. The van der Waals surface area contributed by atoms with Gasteiger partial charge in [0.1, 0.15) is 11.7 Å². The third-order valence-corrected chi connectivity index (χ3v) is 6.33. The van der Waals surface area contributed by atoms with Gasteiger partial charge in [-0.25, -0.2) is 0 Å². The average Bonchev–Trinajstić information content (AvgIpc) is 2.70. The predicted molar refractivity (Wildman–Crippen MR) is 121 cm³/mol. The molecule has 9 heteroatoms. The maximum absolute atomic E-state index is 13.5. The van der Waals surface area contributed by atoms with Crippen LogP contribution < -0.4 is 15.4 Å².